The number of carbonyl (C=O) groups is 1. The lowest BCUT2D eigenvalue weighted by molar-refractivity contribution is 0.0696. The van der Waals surface area contributed by atoms with E-state index in [1.54, 1.807) is 0 Å². The standard InChI is InChI=1S/C13H18ClNO2/c1-8(2)7-15(4)12-6-10(14)5-11(9(12)3)13(16)17/h5-6,8H,7H2,1-4H3,(H,16,17). The van der Waals surface area contributed by atoms with Crippen LogP contribution in [0.5, 0.6) is 0 Å². The van der Waals surface area contributed by atoms with Crippen LogP contribution in [-0.4, -0.2) is 24.7 Å². The van der Waals surface area contributed by atoms with Crippen LogP contribution >= 0.6 is 11.6 Å². The molecule has 0 atom stereocenters. The van der Waals surface area contributed by atoms with Crippen molar-refractivity contribution in [1.29, 1.82) is 0 Å². The monoisotopic (exact) mass is 255 g/mol. The quantitative estimate of drug-likeness (QED) is 0.896. The molecule has 0 amide bonds. The number of aromatic carboxylic acids is 1. The number of rotatable bonds is 4. The third-order valence-corrected chi connectivity index (χ3v) is 2.84. The second kappa shape index (κ2) is 5.41. The molecule has 1 aromatic carbocycles. The molecule has 17 heavy (non-hydrogen) atoms. The number of hydrogen-bond acceptors (Lipinski definition) is 2. The number of halogens is 1. The summed E-state index contributed by atoms with van der Waals surface area (Å²) < 4.78 is 0. The van der Waals surface area contributed by atoms with Crippen molar-refractivity contribution in [1.82, 2.24) is 0 Å². The maximum atomic E-state index is 11.1. The Kier molecular flexibility index (Phi) is 4.40. The fraction of sp³-hybridized carbons (Fsp3) is 0.462. The maximum absolute atomic E-state index is 11.1. The second-order valence-corrected chi connectivity index (χ2v) is 5.11. The van der Waals surface area contributed by atoms with E-state index in [9.17, 15) is 4.79 Å². The topological polar surface area (TPSA) is 40.5 Å². The number of nitrogens with zero attached hydrogens (tertiary/aromatic N) is 1. The van der Waals surface area contributed by atoms with Gasteiger partial charge in [0, 0.05) is 24.3 Å². The first-order valence-corrected chi connectivity index (χ1v) is 5.95. The molecule has 1 N–H and O–H groups in total. The molecule has 0 aliphatic carbocycles. The van der Waals surface area contributed by atoms with E-state index >= 15 is 0 Å². The minimum Gasteiger partial charge on any atom is -0.478 e. The van der Waals surface area contributed by atoms with Crippen molar-refractivity contribution in [2.24, 2.45) is 5.92 Å². The van der Waals surface area contributed by atoms with Gasteiger partial charge < -0.3 is 10.0 Å². The van der Waals surface area contributed by atoms with Crippen LogP contribution in [0, 0.1) is 12.8 Å². The lowest BCUT2D eigenvalue weighted by Crippen LogP contribution is -2.24. The van der Waals surface area contributed by atoms with Gasteiger partial charge in [-0.05, 0) is 30.5 Å². The Bertz CT molecular complexity index is 430. The maximum Gasteiger partial charge on any atom is 0.336 e. The first kappa shape index (κ1) is 13.8. The Morgan fingerprint density at radius 2 is 2.06 bits per heavy atom. The minimum absolute atomic E-state index is 0.267. The third kappa shape index (κ3) is 3.37. The van der Waals surface area contributed by atoms with Gasteiger partial charge in [-0.1, -0.05) is 25.4 Å². The predicted molar refractivity (Wildman–Crippen MR) is 71.3 cm³/mol. The van der Waals surface area contributed by atoms with Crippen LogP contribution in [0.3, 0.4) is 0 Å². The van der Waals surface area contributed by atoms with Crippen LogP contribution < -0.4 is 4.90 Å². The predicted octanol–water partition coefficient (Wildman–Crippen LogP) is 3.44. The highest BCUT2D eigenvalue weighted by Crippen LogP contribution is 2.27. The first-order chi connectivity index (χ1) is 7.82. The number of anilines is 1. The molecular formula is C13H18ClNO2. The Morgan fingerprint density at radius 3 is 2.53 bits per heavy atom. The van der Waals surface area contributed by atoms with Gasteiger partial charge in [-0.25, -0.2) is 4.79 Å². The smallest absolute Gasteiger partial charge is 0.336 e. The van der Waals surface area contributed by atoms with Crippen molar-refractivity contribution in [2.45, 2.75) is 20.8 Å². The normalized spacial score (nSPS) is 10.7. The highest BCUT2D eigenvalue weighted by molar-refractivity contribution is 6.31. The molecule has 0 saturated heterocycles. The summed E-state index contributed by atoms with van der Waals surface area (Å²) in [5.41, 5.74) is 1.90. The van der Waals surface area contributed by atoms with E-state index < -0.39 is 5.97 Å². The van der Waals surface area contributed by atoms with Crippen LogP contribution in [0.1, 0.15) is 29.8 Å². The highest BCUT2D eigenvalue weighted by Gasteiger charge is 2.15. The van der Waals surface area contributed by atoms with Gasteiger partial charge in [0.2, 0.25) is 0 Å². The Labute approximate surface area is 107 Å². The Morgan fingerprint density at radius 1 is 1.47 bits per heavy atom. The van der Waals surface area contributed by atoms with E-state index in [4.69, 9.17) is 16.7 Å². The molecular weight excluding hydrogens is 238 g/mol. The molecule has 0 saturated carbocycles. The number of benzene rings is 1. The summed E-state index contributed by atoms with van der Waals surface area (Å²) >= 11 is 5.96. The van der Waals surface area contributed by atoms with Crippen LogP contribution in [0.4, 0.5) is 5.69 Å². The molecule has 1 rings (SSSR count). The van der Waals surface area contributed by atoms with Crippen LogP contribution in [-0.2, 0) is 0 Å². The van der Waals surface area contributed by atoms with E-state index in [-0.39, 0.29) is 5.56 Å². The Balaban J connectivity index is 3.19. The molecule has 0 bridgehead atoms. The van der Waals surface area contributed by atoms with Gasteiger partial charge in [0.15, 0.2) is 0 Å². The number of hydrogen-bond donors (Lipinski definition) is 1. The van der Waals surface area contributed by atoms with Gasteiger partial charge in [0.1, 0.15) is 0 Å². The lowest BCUT2D eigenvalue weighted by Gasteiger charge is -2.24. The zero-order valence-corrected chi connectivity index (χ0v) is 11.4. The summed E-state index contributed by atoms with van der Waals surface area (Å²) in [4.78, 5) is 13.1. The summed E-state index contributed by atoms with van der Waals surface area (Å²) in [6.07, 6.45) is 0. The SMILES string of the molecule is Cc1c(C(=O)O)cc(Cl)cc1N(C)CC(C)C. The molecule has 0 radical (unpaired) electrons. The molecule has 0 aromatic heterocycles. The van der Waals surface area contributed by atoms with Crippen LogP contribution in [0.2, 0.25) is 5.02 Å². The minimum atomic E-state index is -0.941. The zero-order valence-electron chi connectivity index (χ0n) is 10.6. The average Bonchev–Trinajstić information content (AvgIpc) is 2.19. The molecule has 94 valence electrons. The van der Waals surface area contributed by atoms with E-state index in [0.29, 0.717) is 10.9 Å². The van der Waals surface area contributed by atoms with E-state index in [0.717, 1.165) is 17.8 Å². The van der Waals surface area contributed by atoms with Crippen molar-refractivity contribution in [3.8, 4) is 0 Å². The van der Waals surface area contributed by atoms with Crippen LogP contribution in [0.25, 0.3) is 0 Å². The molecule has 0 fully saturated rings. The second-order valence-electron chi connectivity index (χ2n) is 4.68. The molecule has 0 spiro atoms. The molecule has 0 unspecified atom stereocenters. The number of carboxylic acid groups (broad SMARTS) is 1. The van der Waals surface area contributed by atoms with Crippen molar-refractivity contribution in [3.05, 3.63) is 28.3 Å². The highest BCUT2D eigenvalue weighted by atomic mass is 35.5. The summed E-state index contributed by atoms with van der Waals surface area (Å²) in [6, 6.07) is 3.30. The van der Waals surface area contributed by atoms with Crippen molar-refractivity contribution in [2.75, 3.05) is 18.5 Å². The van der Waals surface area contributed by atoms with Gasteiger partial charge in [-0.2, -0.15) is 0 Å². The zero-order chi connectivity index (χ0) is 13.2. The van der Waals surface area contributed by atoms with Crippen LogP contribution in [0.15, 0.2) is 12.1 Å². The Hall–Kier alpha value is -1.22. The molecule has 0 aliphatic rings. The molecule has 0 aliphatic heterocycles. The van der Waals surface area contributed by atoms with Gasteiger partial charge in [0.05, 0.1) is 5.56 Å². The fourth-order valence-electron chi connectivity index (χ4n) is 1.93. The largest absolute Gasteiger partial charge is 0.478 e. The van der Waals surface area contributed by atoms with Gasteiger partial charge in [-0.15, -0.1) is 0 Å². The van der Waals surface area contributed by atoms with Gasteiger partial charge in [-0.3, -0.25) is 0 Å². The van der Waals surface area contributed by atoms with Crippen molar-refractivity contribution >= 4 is 23.3 Å². The van der Waals surface area contributed by atoms with Gasteiger partial charge in [0.25, 0.3) is 0 Å². The third-order valence-electron chi connectivity index (χ3n) is 2.63. The lowest BCUT2D eigenvalue weighted by atomic mass is 10.1. The van der Waals surface area contributed by atoms with Gasteiger partial charge >= 0.3 is 5.97 Å². The first-order valence-electron chi connectivity index (χ1n) is 5.57. The summed E-state index contributed by atoms with van der Waals surface area (Å²) in [7, 11) is 1.95. The van der Waals surface area contributed by atoms with E-state index in [2.05, 4.69) is 13.8 Å². The summed E-state index contributed by atoms with van der Waals surface area (Å²) in [5.74, 6) is -0.434. The molecule has 0 heterocycles. The molecule has 3 nitrogen and oxygen atoms in total. The number of carboxylic acids is 1. The van der Waals surface area contributed by atoms with Crippen molar-refractivity contribution < 1.29 is 9.90 Å². The molecule has 1 aromatic rings. The van der Waals surface area contributed by atoms with Crippen molar-refractivity contribution in [3.63, 3.8) is 0 Å². The summed E-state index contributed by atoms with van der Waals surface area (Å²) in [5, 5.41) is 9.56. The van der Waals surface area contributed by atoms with E-state index in [1.807, 2.05) is 24.9 Å². The fourth-order valence-corrected chi connectivity index (χ4v) is 2.14. The summed E-state index contributed by atoms with van der Waals surface area (Å²) in [6.45, 7) is 6.91. The average molecular weight is 256 g/mol. The van der Waals surface area contributed by atoms with E-state index in [1.165, 1.54) is 6.07 Å². The molecule has 4 heteroatoms.